The summed E-state index contributed by atoms with van der Waals surface area (Å²) in [7, 11) is -1.38. The van der Waals surface area contributed by atoms with E-state index in [1.54, 1.807) is 30.6 Å². The second kappa shape index (κ2) is 13.5. The second-order valence-corrected chi connectivity index (χ2v) is 12.4. The van der Waals surface area contributed by atoms with Crippen LogP contribution in [0.5, 0.6) is 0 Å². The van der Waals surface area contributed by atoms with E-state index in [-0.39, 0.29) is 0 Å². The Hall–Kier alpha value is -3.80. The fourth-order valence-electron chi connectivity index (χ4n) is 4.68. The highest BCUT2D eigenvalue weighted by Crippen LogP contribution is 2.32. The van der Waals surface area contributed by atoms with Crippen LogP contribution in [0.15, 0.2) is 144 Å². The van der Waals surface area contributed by atoms with Gasteiger partial charge in [0, 0.05) is 36.6 Å². The van der Waals surface area contributed by atoms with Crippen molar-refractivity contribution in [3.63, 3.8) is 0 Å². The molecular formula is C34H22BBr3N2O4. The van der Waals surface area contributed by atoms with Gasteiger partial charge in [0.2, 0.25) is 0 Å². The average molecular weight is 773 g/mol. The molecule has 0 radical (unpaired) electrons. The average Bonchev–Trinajstić information content (AvgIpc) is 3.59. The van der Waals surface area contributed by atoms with E-state index in [4.69, 9.17) is 18.9 Å². The third kappa shape index (κ3) is 6.80. The van der Waals surface area contributed by atoms with E-state index >= 15 is 0 Å². The summed E-state index contributed by atoms with van der Waals surface area (Å²) in [4.78, 5) is 8.71. The highest BCUT2D eigenvalue weighted by molar-refractivity contribution is 9.11. The molecule has 0 saturated carbocycles. The zero-order valence-electron chi connectivity index (χ0n) is 22.9. The summed E-state index contributed by atoms with van der Waals surface area (Å²) in [6.45, 7) is 0. The summed E-state index contributed by atoms with van der Waals surface area (Å²) in [6.07, 6.45) is 3.57. The zero-order valence-corrected chi connectivity index (χ0v) is 27.6. The highest BCUT2D eigenvalue weighted by atomic mass is 79.9. The van der Waals surface area contributed by atoms with E-state index in [0.29, 0.717) is 5.46 Å². The molecule has 0 fully saturated rings. The number of aromatic nitrogens is 2. The smallest absolute Gasteiger partial charge is 0.454 e. The van der Waals surface area contributed by atoms with Crippen molar-refractivity contribution in [1.29, 1.82) is 0 Å². The van der Waals surface area contributed by atoms with Gasteiger partial charge in [-0.05, 0) is 95.5 Å². The third-order valence-corrected chi connectivity index (χ3v) is 8.20. The van der Waals surface area contributed by atoms with E-state index < -0.39 is 7.12 Å². The molecule has 0 atom stereocenters. The second-order valence-electron chi connectivity index (χ2n) is 9.69. The van der Waals surface area contributed by atoms with Gasteiger partial charge in [0.25, 0.3) is 0 Å². The lowest BCUT2D eigenvalue weighted by molar-refractivity contribution is 0.426. The SMILES string of the molecule is Brc1ccc2oc3cccnc3c2c1.Brc1cccc(-c2ccc3oc4cccnc4c3c2)c1.OB(O)c1cccc(Br)c1. The lowest BCUT2D eigenvalue weighted by Crippen LogP contribution is -2.29. The van der Waals surface area contributed by atoms with Crippen LogP contribution in [0.3, 0.4) is 0 Å². The molecule has 0 aliphatic carbocycles. The number of fused-ring (bicyclic) bond motifs is 6. The monoisotopic (exact) mass is 770 g/mol. The van der Waals surface area contributed by atoms with E-state index in [1.165, 1.54) is 5.56 Å². The normalized spacial score (nSPS) is 10.8. The van der Waals surface area contributed by atoms with Crippen LogP contribution in [-0.2, 0) is 0 Å². The molecule has 4 aromatic carbocycles. The van der Waals surface area contributed by atoms with Crippen LogP contribution in [0, 0.1) is 0 Å². The molecular weight excluding hydrogens is 751 g/mol. The molecule has 4 heterocycles. The Labute approximate surface area is 277 Å². The molecule has 10 heteroatoms. The van der Waals surface area contributed by atoms with Crippen molar-refractivity contribution in [2.75, 3.05) is 0 Å². The molecule has 4 aromatic heterocycles. The molecule has 0 saturated heterocycles. The highest BCUT2D eigenvalue weighted by Gasteiger charge is 2.10. The summed E-state index contributed by atoms with van der Waals surface area (Å²) in [5, 5.41) is 19.5. The fraction of sp³-hybridized carbons (Fsp3) is 0. The third-order valence-electron chi connectivity index (χ3n) is 6.72. The van der Waals surface area contributed by atoms with Crippen LogP contribution in [-0.4, -0.2) is 27.1 Å². The minimum absolute atomic E-state index is 0.495. The maximum atomic E-state index is 8.68. The molecule has 8 aromatic rings. The van der Waals surface area contributed by atoms with Crippen molar-refractivity contribution in [2.45, 2.75) is 0 Å². The summed E-state index contributed by atoms with van der Waals surface area (Å²) in [6, 6.07) is 34.9. The number of furan rings is 2. The first kappa shape index (κ1) is 30.2. The van der Waals surface area contributed by atoms with Gasteiger partial charge in [-0.15, -0.1) is 0 Å². The first-order valence-corrected chi connectivity index (χ1v) is 15.8. The first-order chi connectivity index (χ1) is 21.4. The van der Waals surface area contributed by atoms with E-state index in [2.05, 4.69) is 82.0 Å². The Balaban J connectivity index is 0.000000125. The molecule has 44 heavy (non-hydrogen) atoms. The molecule has 0 aliphatic rings. The first-order valence-electron chi connectivity index (χ1n) is 13.4. The number of nitrogens with zero attached hydrogens (tertiary/aromatic N) is 2. The molecule has 0 aliphatic heterocycles. The predicted molar refractivity (Wildman–Crippen MR) is 188 cm³/mol. The number of pyridine rings is 2. The maximum absolute atomic E-state index is 8.68. The minimum Gasteiger partial charge on any atom is -0.454 e. The molecule has 0 spiro atoms. The molecule has 6 nitrogen and oxygen atoms in total. The number of halogens is 3. The summed E-state index contributed by atoms with van der Waals surface area (Å²) in [5.74, 6) is 0. The lowest BCUT2D eigenvalue weighted by atomic mass is 9.81. The van der Waals surface area contributed by atoms with Gasteiger partial charge in [0.1, 0.15) is 22.2 Å². The quantitative estimate of drug-likeness (QED) is 0.170. The van der Waals surface area contributed by atoms with Crippen molar-refractivity contribution in [3.8, 4) is 11.1 Å². The van der Waals surface area contributed by atoms with Crippen molar-refractivity contribution in [1.82, 2.24) is 9.97 Å². The Morgan fingerprint density at radius 3 is 1.64 bits per heavy atom. The van der Waals surface area contributed by atoms with Gasteiger partial charge in [-0.1, -0.05) is 78.1 Å². The van der Waals surface area contributed by atoms with Gasteiger partial charge in [-0.25, -0.2) is 0 Å². The van der Waals surface area contributed by atoms with Gasteiger partial charge in [-0.3, -0.25) is 9.97 Å². The molecule has 0 unspecified atom stereocenters. The van der Waals surface area contributed by atoms with Gasteiger partial charge >= 0.3 is 7.12 Å². The summed E-state index contributed by atoms with van der Waals surface area (Å²) in [5.41, 5.74) is 8.07. The van der Waals surface area contributed by atoms with Crippen LogP contribution < -0.4 is 5.46 Å². The van der Waals surface area contributed by atoms with Crippen LogP contribution in [0.25, 0.3) is 55.3 Å². The predicted octanol–water partition coefficient (Wildman–Crippen LogP) is 9.28. The van der Waals surface area contributed by atoms with Crippen LogP contribution in [0.4, 0.5) is 0 Å². The molecule has 8 rings (SSSR count). The van der Waals surface area contributed by atoms with Crippen molar-refractivity contribution < 1.29 is 18.9 Å². The summed E-state index contributed by atoms with van der Waals surface area (Å²) < 4.78 is 14.4. The largest absolute Gasteiger partial charge is 0.488 e. The molecule has 0 bridgehead atoms. The van der Waals surface area contributed by atoms with Crippen molar-refractivity contribution in [3.05, 3.63) is 135 Å². The molecule has 2 N–H and O–H groups in total. The Morgan fingerprint density at radius 2 is 1.05 bits per heavy atom. The van der Waals surface area contributed by atoms with E-state index in [0.717, 1.165) is 63.1 Å². The minimum atomic E-state index is -1.38. The van der Waals surface area contributed by atoms with Crippen LogP contribution >= 0.6 is 47.8 Å². The fourth-order valence-corrected chi connectivity index (χ4v) is 5.86. The Bertz CT molecular complexity index is 2230. The van der Waals surface area contributed by atoms with Gasteiger partial charge < -0.3 is 18.9 Å². The van der Waals surface area contributed by atoms with E-state index in [1.807, 2.05) is 66.7 Å². The standard InChI is InChI=1S/C17H10BrNO.C11H6BrNO.C6H6BBrO2/c18-13-4-1-3-11(9-13)12-6-7-15-14(10-12)17-16(20-15)5-2-8-19-17;12-7-3-4-9-8(6-7)11-10(14-9)2-1-5-13-11;8-6-3-1-2-5(4-6)7(9)10/h1-10H;1-6H;1-4,9-10H. The van der Waals surface area contributed by atoms with Gasteiger partial charge in [0.05, 0.1) is 0 Å². The number of hydrogen-bond acceptors (Lipinski definition) is 6. The molecule has 216 valence electrons. The molecule has 0 amide bonds. The zero-order chi connectivity index (χ0) is 30.6. The van der Waals surface area contributed by atoms with Crippen LogP contribution in [0.2, 0.25) is 0 Å². The van der Waals surface area contributed by atoms with Gasteiger partial charge in [-0.2, -0.15) is 0 Å². The van der Waals surface area contributed by atoms with Crippen LogP contribution in [0.1, 0.15) is 0 Å². The van der Waals surface area contributed by atoms with Crippen molar-refractivity contribution >= 4 is 105 Å². The summed E-state index contributed by atoms with van der Waals surface area (Å²) >= 11 is 10.2. The lowest BCUT2D eigenvalue weighted by Gasteiger charge is -2.02. The number of benzene rings is 4. The number of rotatable bonds is 2. The number of hydrogen-bond donors (Lipinski definition) is 2. The van der Waals surface area contributed by atoms with Gasteiger partial charge in [0.15, 0.2) is 11.2 Å². The van der Waals surface area contributed by atoms with E-state index in [9.17, 15) is 0 Å². The Morgan fingerprint density at radius 1 is 0.500 bits per heavy atom. The Kier molecular flexibility index (Phi) is 9.25. The topological polar surface area (TPSA) is 92.5 Å². The maximum Gasteiger partial charge on any atom is 0.488 e. The van der Waals surface area contributed by atoms with Crippen molar-refractivity contribution in [2.24, 2.45) is 0 Å².